The fourth-order valence-electron chi connectivity index (χ4n) is 1.77. The third-order valence-electron chi connectivity index (χ3n) is 2.63. The van der Waals surface area contributed by atoms with Crippen LogP contribution in [-0.4, -0.2) is 19.8 Å². The Labute approximate surface area is 62.7 Å². The maximum atomic E-state index is 5.92. The molecule has 1 saturated carbocycles. The molecule has 2 atom stereocenters. The molecule has 60 valence electrons. The maximum absolute atomic E-state index is 5.92. The highest BCUT2D eigenvalue weighted by Crippen LogP contribution is 2.36. The Morgan fingerprint density at radius 2 is 2.40 bits per heavy atom. The Hall–Kier alpha value is -0.0800. The van der Waals surface area contributed by atoms with Crippen LogP contribution < -0.4 is 5.73 Å². The second kappa shape index (κ2) is 2.89. The first-order valence-electron chi connectivity index (χ1n) is 3.93. The Morgan fingerprint density at radius 1 is 1.70 bits per heavy atom. The predicted molar refractivity (Wildman–Crippen MR) is 41.8 cm³/mol. The van der Waals surface area contributed by atoms with Crippen molar-refractivity contribution in [3.8, 4) is 0 Å². The Morgan fingerprint density at radius 3 is 2.80 bits per heavy atom. The van der Waals surface area contributed by atoms with E-state index in [1.54, 1.807) is 7.11 Å². The van der Waals surface area contributed by atoms with Crippen molar-refractivity contribution in [1.29, 1.82) is 0 Å². The highest BCUT2D eigenvalue weighted by atomic mass is 16.5. The number of ether oxygens (including phenoxy) is 1. The Bertz CT molecular complexity index is 116. The predicted octanol–water partition coefficient (Wildman–Crippen LogP) is 1.15. The van der Waals surface area contributed by atoms with Gasteiger partial charge in [-0.15, -0.1) is 0 Å². The van der Waals surface area contributed by atoms with Gasteiger partial charge in [0, 0.05) is 18.6 Å². The van der Waals surface area contributed by atoms with Crippen molar-refractivity contribution in [2.45, 2.75) is 32.2 Å². The van der Waals surface area contributed by atoms with Gasteiger partial charge in [0.25, 0.3) is 0 Å². The highest BCUT2D eigenvalue weighted by Gasteiger charge is 2.35. The van der Waals surface area contributed by atoms with Crippen molar-refractivity contribution in [2.75, 3.05) is 13.7 Å². The van der Waals surface area contributed by atoms with Gasteiger partial charge in [0.05, 0.1) is 6.61 Å². The topological polar surface area (TPSA) is 35.2 Å². The second-order valence-electron chi connectivity index (χ2n) is 3.59. The first-order chi connectivity index (χ1) is 4.69. The maximum Gasteiger partial charge on any atom is 0.0530 e. The van der Waals surface area contributed by atoms with Crippen LogP contribution in [0.1, 0.15) is 26.2 Å². The summed E-state index contributed by atoms with van der Waals surface area (Å²) in [5.74, 6) is 0. The van der Waals surface area contributed by atoms with E-state index >= 15 is 0 Å². The molecule has 0 amide bonds. The molecule has 2 N–H and O–H groups in total. The molecule has 0 aromatic rings. The van der Waals surface area contributed by atoms with Gasteiger partial charge >= 0.3 is 0 Å². The minimum absolute atomic E-state index is 0.259. The third kappa shape index (κ3) is 1.32. The quantitative estimate of drug-likeness (QED) is 0.629. The van der Waals surface area contributed by atoms with Crippen LogP contribution in [0.2, 0.25) is 0 Å². The molecule has 0 bridgehead atoms. The molecule has 0 saturated heterocycles. The lowest BCUT2D eigenvalue weighted by atomic mass is 9.86. The molecule has 1 aliphatic rings. The molecular formula is C8H17NO. The van der Waals surface area contributed by atoms with E-state index < -0.39 is 0 Å². The molecule has 2 heteroatoms. The molecule has 10 heavy (non-hydrogen) atoms. The summed E-state index contributed by atoms with van der Waals surface area (Å²) in [4.78, 5) is 0. The van der Waals surface area contributed by atoms with Crippen molar-refractivity contribution in [1.82, 2.24) is 0 Å². The van der Waals surface area contributed by atoms with Crippen molar-refractivity contribution in [2.24, 2.45) is 11.1 Å². The average molecular weight is 143 g/mol. The normalized spacial score (nSPS) is 40.5. The van der Waals surface area contributed by atoms with Crippen LogP contribution in [0.5, 0.6) is 0 Å². The molecule has 0 unspecified atom stereocenters. The minimum atomic E-state index is 0.259. The zero-order chi connectivity index (χ0) is 7.61. The van der Waals surface area contributed by atoms with Gasteiger partial charge in [-0.1, -0.05) is 13.3 Å². The molecule has 0 radical (unpaired) electrons. The van der Waals surface area contributed by atoms with Crippen molar-refractivity contribution < 1.29 is 4.74 Å². The van der Waals surface area contributed by atoms with E-state index in [9.17, 15) is 0 Å². The monoisotopic (exact) mass is 143 g/mol. The largest absolute Gasteiger partial charge is 0.384 e. The molecule has 1 aliphatic carbocycles. The van der Waals surface area contributed by atoms with Crippen LogP contribution in [-0.2, 0) is 4.74 Å². The van der Waals surface area contributed by atoms with Crippen LogP contribution in [0.4, 0.5) is 0 Å². The summed E-state index contributed by atoms with van der Waals surface area (Å²) in [6.07, 6.45) is 3.66. The summed E-state index contributed by atoms with van der Waals surface area (Å²) in [5, 5.41) is 0. The van der Waals surface area contributed by atoms with Crippen LogP contribution in [0.15, 0.2) is 0 Å². The third-order valence-corrected chi connectivity index (χ3v) is 2.63. The zero-order valence-electron chi connectivity index (χ0n) is 6.89. The van der Waals surface area contributed by atoms with E-state index in [1.807, 2.05) is 0 Å². The summed E-state index contributed by atoms with van der Waals surface area (Å²) in [7, 11) is 1.75. The van der Waals surface area contributed by atoms with Gasteiger partial charge in [0.2, 0.25) is 0 Å². The molecule has 0 spiro atoms. The van der Waals surface area contributed by atoms with Gasteiger partial charge in [-0.05, 0) is 12.8 Å². The summed E-state index contributed by atoms with van der Waals surface area (Å²) in [5.41, 5.74) is 6.18. The highest BCUT2D eigenvalue weighted by molar-refractivity contribution is 4.90. The van der Waals surface area contributed by atoms with Gasteiger partial charge in [0.1, 0.15) is 0 Å². The number of rotatable bonds is 2. The second-order valence-corrected chi connectivity index (χ2v) is 3.59. The Kier molecular flexibility index (Phi) is 2.32. The van der Waals surface area contributed by atoms with Crippen LogP contribution in [0, 0.1) is 5.41 Å². The molecule has 0 aliphatic heterocycles. The zero-order valence-corrected chi connectivity index (χ0v) is 6.89. The lowest BCUT2D eigenvalue weighted by molar-refractivity contribution is 0.0857. The van der Waals surface area contributed by atoms with Crippen LogP contribution in [0.3, 0.4) is 0 Å². The molecule has 1 rings (SSSR count). The SMILES string of the molecule is COC[C@@]1(C)CCC[C@@H]1N. The first-order valence-corrected chi connectivity index (χ1v) is 3.93. The van der Waals surface area contributed by atoms with E-state index in [1.165, 1.54) is 19.3 Å². The van der Waals surface area contributed by atoms with Gasteiger partial charge in [-0.25, -0.2) is 0 Å². The first kappa shape index (κ1) is 8.02. The summed E-state index contributed by atoms with van der Waals surface area (Å²) in [6.45, 7) is 3.03. The van der Waals surface area contributed by atoms with Crippen molar-refractivity contribution in [3.05, 3.63) is 0 Å². The summed E-state index contributed by atoms with van der Waals surface area (Å²) >= 11 is 0. The smallest absolute Gasteiger partial charge is 0.0530 e. The molecule has 1 fully saturated rings. The molecule has 0 aromatic carbocycles. The number of hydrogen-bond donors (Lipinski definition) is 1. The van der Waals surface area contributed by atoms with Gasteiger partial charge in [0.15, 0.2) is 0 Å². The molecule has 0 aromatic heterocycles. The number of hydrogen-bond acceptors (Lipinski definition) is 2. The lowest BCUT2D eigenvalue weighted by Gasteiger charge is -2.27. The van der Waals surface area contributed by atoms with E-state index in [2.05, 4.69) is 6.92 Å². The Balaban J connectivity index is 2.48. The summed E-state index contributed by atoms with van der Waals surface area (Å²) < 4.78 is 5.12. The van der Waals surface area contributed by atoms with Crippen molar-refractivity contribution in [3.63, 3.8) is 0 Å². The van der Waals surface area contributed by atoms with E-state index in [0.29, 0.717) is 6.04 Å². The fourth-order valence-corrected chi connectivity index (χ4v) is 1.77. The van der Waals surface area contributed by atoms with Gasteiger partial charge in [-0.2, -0.15) is 0 Å². The number of nitrogens with two attached hydrogens (primary N) is 1. The fraction of sp³-hybridized carbons (Fsp3) is 1.00. The molecule has 2 nitrogen and oxygen atoms in total. The van der Waals surface area contributed by atoms with E-state index in [0.717, 1.165) is 6.61 Å². The van der Waals surface area contributed by atoms with E-state index in [4.69, 9.17) is 10.5 Å². The van der Waals surface area contributed by atoms with Gasteiger partial charge in [-0.3, -0.25) is 0 Å². The van der Waals surface area contributed by atoms with Crippen molar-refractivity contribution >= 4 is 0 Å². The van der Waals surface area contributed by atoms with Gasteiger partial charge < -0.3 is 10.5 Å². The average Bonchev–Trinajstić information content (AvgIpc) is 2.15. The standard InChI is InChI=1S/C8H17NO/c1-8(6-10-2)5-3-4-7(8)9/h7H,3-6,9H2,1-2H3/t7-,8+/m0/s1. The minimum Gasteiger partial charge on any atom is -0.384 e. The number of methoxy groups -OCH3 is 1. The molecular weight excluding hydrogens is 126 g/mol. The molecule has 0 heterocycles. The van der Waals surface area contributed by atoms with Crippen LogP contribution in [0.25, 0.3) is 0 Å². The van der Waals surface area contributed by atoms with E-state index in [-0.39, 0.29) is 5.41 Å². The summed E-state index contributed by atoms with van der Waals surface area (Å²) in [6, 6.07) is 0.354. The van der Waals surface area contributed by atoms with Crippen LogP contribution >= 0.6 is 0 Å². The lowest BCUT2D eigenvalue weighted by Crippen LogP contribution is -2.37.